The van der Waals surface area contributed by atoms with Crippen molar-refractivity contribution in [2.45, 2.75) is 25.6 Å². The lowest BCUT2D eigenvalue weighted by Crippen LogP contribution is -2.33. The van der Waals surface area contributed by atoms with Gasteiger partial charge in [0.15, 0.2) is 0 Å². The van der Waals surface area contributed by atoms with Gasteiger partial charge in [0.2, 0.25) is 0 Å². The molecule has 0 amide bonds. The molecule has 0 unspecified atom stereocenters. The fourth-order valence-corrected chi connectivity index (χ4v) is 2.49. The third kappa shape index (κ3) is 1.55. The van der Waals surface area contributed by atoms with E-state index in [2.05, 4.69) is 61.5 Å². The normalized spacial score (nSPS) is 18.9. The van der Waals surface area contributed by atoms with Crippen molar-refractivity contribution < 1.29 is 0 Å². The van der Waals surface area contributed by atoms with E-state index >= 15 is 0 Å². The summed E-state index contributed by atoms with van der Waals surface area (Å²) in [5.74, 6) is 0. The Balaban J connectivity index is 2.41. The summed E-state index contributed by atoms with van der Waals surface area (Å²) in [5.41, 5.74) is 2.63. The molecule has 74 valence electrons. The highest BCUT2D eigenvalue weighted by Crippen LogP contribution is 2.40. The fourth-order valence-electron chi connectivity index (χ4n) is 1.70. The van der Waals surface area contributed by atoms with Crippen LogP contribution in [0.5, 0.6) is 0 Å². The first-order valence-electron chi connectivity index (χ1n) is 4.81. The lowest BCUT2D eigenvalue weighted by Gasteiger charge is -2.32. The second-order valence-corrected chi connectivity index (χ2v) is 5.51. The van der Waals surface area contributed by atoms with E-state index in [9.17, 15) is 0 Å². The van der Waals surface area contributed by atoms with E-state index in [1.54, 1.807) is 0 Å². The highest BCUT2D eigenvalue weighted by atomic mass is 32.2. The molecule has 0 aromatic heterocycles. The Labute approximate surface area is 89.8 Å². The van der Waals surface area contributed by atoms with E-state index in [0.29, 0.717) is 0 Å². The maximum Gasteiger partial charge on any atom is 0.0888 e. The molecule has 0 atom stereocenters. The van der Waals surface area contributed by atoms with Gasteiger partial charge in [-0.3, -0.25) is 0 Å². The van der Waals surface area contributed by atoms with Gasteiger partial charge in [-0.1, -0.05) is 18.2 Å². The Morgan fingerprint density at radius 2 is 1.93 bits per heavy atom. The molecule has 2 heteroatoms. The average molecular weight is 205 g/mol. The van der Waals surface area contributed by atoms with Gasteiger partial charge in [0.25, 0.3) is 0 Å². The largest absolute Gasteiger partial charge is 0.332 e. The Kier molecular flexibility index (Phi) is 2.31. The molecule has 0 bridgehead atoms. The first kappa shape index (κ1) is 9.66. The zero-order chi connectivity index (χ0) is 10.2. The third-order valence-corrected chi connectivity index (χ3v) is 3.55. The molecule has 14 heavy (non-hydrogen) atoms. The van der Waals surface area contributed by atoms with Gasteiger partial charge < -0.3 is 4.90 Å². The van der Waals surface area contributed by atoms with Crippen molar-refractivity contribution in [3.05, 3.63) is 41.4 Å². The highest BCUT2D eigenvalue weighted by Gasteiger charge is 2.29. The number of hydrogen-bond donors (Lipinski definition) is 0. The average Bonchev–Trinajstić information content (AvgIpc) is 2.46. The second kappa shape index (κ2) is 3.35. The first-order chi connectivity index (χ1) is 6.61. The van der Waals surface area contributed by atoms with Crippen LogP contribution in [0.25, 0.3) is 0 Å². The second-order valence-electron chi connectivity index (χ2n) is 4.01. The van der Waals surface area contributed by atoms with E-state index in [4.69, 9.17) is 0 Å². The molecule has 1 aromatic carbocycles. The molecule has 1 aromatic rings. The summed E-state index contributed by atoms with van der Waals surface area (Å²) in [6.07, 6.45) is 2.16. The standard InChI is InChI=1S/C12H15NS/c1-10-6-4-5-7-11(10)13-8-9-14-12(13,2)3/h4-9H,1-3H3. The number of thioether (sulfide) groups is 1. The van der Waals surface area contributed by atoms with Gasteiger partial charge in [-0.05, 0) is 37.8 Å². The van der Waals surface area contributed by atoms with Gasteiger partial charge in [0, 0.05) is 11.9 Å². The van der Waals surface area contributed by atoms with Crippen molar-refractivity contribution in [2.24, 2.45) is 0 Å². The number of nitrogens with zero attached hydrogens (tertiary/aromatic N) is 1. The monoisotopic (exact) mass is 205 g/mol. The van der Waals surface area contributed by atoms with Crippen molar-refractivity contribution >= 4 is 17.4 Å². The number of rotatable bonds is 1. The van der Waals surface area contributed by atoms with E-state index in [1.807, 2.05) is 11.8 Å². The van der Waals surface area contributed by atoms with E-state index in [1.165, 1.54) is 11.3 Å². The lowest BCUT2D eigenvalue weighted by molar-refractivity contribution is 0.727. The molecule has 2 rings (SSSR count). The number of para-hydroxylation sites is 1. The minimum absolute atomic E-state index is 0.145. The Bertz CT molecular complexity index is 368. The first-order valence-corrected chi connectivity index (χ1v) is 5.69. The van der Waals surface area contributed by atoms with E-state index < -0.39 is 0 Å². The smallest absolute Gasteiger partial charge is 0.0888 e. The minimum Gasteiger partial charge on any atom is -0.332 e. The van der Waals surface area contributed by atoms with E-state index in [-0.39, 0.29) is 4.87 Å². The van der Waals surface area contributed by atoms with Crippen LogP contribution in [0, 0.1) is 6.92 Å². The fraction of sp³-hybridized carbons (Fsp3) is 0.333. The topological polar surface area (TPSA) is 3.24 Å². The number of benzene rings is 1. The summed E-state index contributed by atoms with van der Waals surface area (Å²) in [7, 11) is 0. The van der Waals surface area contributed by atoms with Crippen LogP contribution in [0.1, 0.15) is 19.4 Å². The summed E-state index contributed by atoms with van der Waals surface area (Å²) in [6, 6.07) is 8.50. The number of anilines is 1. The Morgan fingerprint density at radius 1 is 1.21 bits per heavy atom. The molecule has 0 N–H and O–H groups in total. The van der Waals surface area contributed by atoms with Crippen molar-refractivity contribution in [3.8, 4) is 0 Å². The quantitative estimate of drug-likeness (QED) is 0.687. The summed E-state index contributed by atoms with van der Waals surface area (Å²) < 4.78 is 0. The third-order valence-electron chi connectivity index (χ3n) is 2.52. The Hall–Kier alpha value is -0.890. The summed E-state index contributed by atoms with van der Waals surface area (Å²) in [4.78, 5) is 2.47. The van der Waals surface area contributed by atoms with Crippen LogP contribution in [0.3, 0.4) is 0 Å². The van der Waals surface area contributed by atoms with Crippen LogP contribution in [-0.2, 0) is 0 Å². The molecule has 0 radical (unpaired) electrons. The molecular weight excluding hydrogens is 190 g/mol. The van der Waals surface area contributed by atoms with Crippen LogP contribution < -0.4 is 4.90 Å². The van der Waals surface area contributed by atoms with Gasteiger partial charge in [0.1, 0.15) is 0 Å². The van der Waals surface area contributed by atoms with Crippen LogP contribution in [-0.4, -0.2) is 4.87 Å². The molecule has 1 nitrogen and oxygen atoms in total. The SMILES string of the molecule is Cc1ccccc1N1C=CSC1(C)C. The molecule has 1 aliphatic rings. The van der Waals surface area contributed by atoms with Crippen LogP contribution >= 0.6 is 11.8 Å². The van der Waals surface area contributed by atoms with Gasteiger partial charge in [-0.2, -0.15) is 0 Å². The van der Waals surface area contributed by atoms with Gasteiger partial charge in [0.05, 0.1) is 4.87 Å². The maximum absolute atomic E-state index is 2.33. The molecule has 0 saturated carbocycles. The lowest BCUT2D eigenvalue weighted by atomic mass is 10.1. The summed E-state index contributed by atoms with van der Waals surface area (Å²) >= 11 is 1.86. The molecule has 1 heterocycles. The molecule has 0 spiro atoms. The minimum atomic E-state index is 0.145. The summed E-state index contributed by atoms with van der Waals surface area (Å²) in [5, 5.41) is 2.16. The number of hydrogen-bond acceptors (Lipinski definition) is 2. The van der Waals surface area contributed by atoms with Crippen molar-refractivity contribution in [2.75, 3.05) is 4.90 Å². The molecule has 0 fully saturated rings. The Morgan fingerprint density at radius 3 is 2.50 bits per heavy atom. The van der Waals surface area contributed by atoms with Crippen LogP contribution in [0.2, 0.25) is 0 Å². The van der Waals surface area contributed by atoms with Gasteiger partial charge >= 0.3 is 0 Å². The molecule has 1 aliphatic heterocycles. The predicted octanol–water partition coefficient (Wildman–Crippen LogP) is 3.76. The zero-order valence-corrected chi connectivity index (χ0v) is 9.64. The molecular formula is C12H15NS. The molecule has 0 aliphatic carbocycles. The molecule has 0 saturated heterocycles. The predicted molar refractivity (Wildman–Crippen MR) is 64.5 cm³/mol. The van der Waals surface area contributed by atoms with Crippen LogP contribution in [0.4, 0.5) is 5.69 Å². The van der Waals surface area contributed by atoms with Crippen molar-refractivity contribution in [1.29, 1.82) is 0 Å². The van der Waals surface area contributed by atoms with Gasteiger partial charge in [-0.15, -0.1) is 11.8 Å². The van der Waals surface area contributed by atoms with Crippen LogP contribution in [0.15, 0.2) is 35.9 Å². The van der Waals surface area contributed by atoms with E-state index in [0.717, 1.165) is 0 Å². The zero-order valence-electron chi connectivity index (χ0n) is 8.82. The number of aryl methyl sites for hydroxylation is 1. The summed E-state index contributed by atoms with van der Waals surface area (Å²) in [6.45, 7) is 6.64. The highest BCUT2D eigenvalue weighted by molar-refractivity contribution is 8.03. The van der Waals surface area contributed by atoms with Crippen molar-refractivity contribution in [1.82, 2.24) is 0 Å². The van der Waals surface area contributed by atoms with Gasteiger partial charge in [-0.25, -0.2) is 0 Å². The maximum atomic E-state index is 2.33. The van der Waals surface area contributed by atoms with Crippen molar-refractivity contribution in [3.63, 3.8) is 0 Å².